The van der Waals surface area contributed by atoms with Gasteiger partial charge < -0.3 is 15.4 Å². The SMILES string of the molecule is Cc1ccccc1NC(=O)[C@@H]1CCCN(S(=O)(=O)c2cc3c(cc2C)NC(=O)CO3)C1. The lowest BCUT2D eigenvalue weighted by atomic mass is 9.98. The number of nitrogens with zero attached hydrogens (tertiary/aromatic N) is 1. The molecule has 0 unspecified atom stereocenters. The van der Waals surface area contributed by atoms with Gasteiger partial charge in [0.2, 0.25) is 15.9 Å². The highest BCUT2D eigenvalue weighted by Crippen LogP contribution is 2.35. The molecule has 2 N–H and O–H groups in total. The first-order valence-corrected chi connectivity index (χ1v) is 11.6. The number of aryl methyl sites for hydroxylation is 2. The molecule has 2 heterocycles. The Morgan fingerprint density at radius 2 is 1.97 bits per heavy atom. The summed E-state index contributed by atoms with van der Waals surface area (Å²) in [5.74, 6) is -0.560. The third-order valence-electron chi connectivity index (χ3n) is 5.69. The molecule has 164 valence electrons. The molecule has 0 aromatic heterocycles. The van der Waals surface area contributed by atoms with Crippen molar-refractivity contribution < 1.29 is 22.7 Å². The Balaban J connectivity index is 1.54. The molecule has 0 spiro atoms. The van der Waals surface area contributed by atoms with Gasteiger partial charge in [-0.25, -0.2) is 8.42 Å². The van der Waals surface area contributed by atoms with Crippen LogP contribution in [0.15, 0.2) is 41.3 Å². The maximum atomic E-state index is 13.4. The largest absolute Gasteiger partial charge is 0.482 e. The number of carbonyl (C=O) groups is 2. The number of hydrogen-bond acceptors (Lipinski definition) is 5. The monoisotopic (exact) mass is 443 g/mol. The van der Waals surface area contributed by atoms with E-state index in [9.17, 15) is 18.0 Å². The van der Waals surface area contributed by atoms with Crippen molar-refractivity contribution in [3.8, 4) is 5.75 Å². The Labute approximate surface area is 181 Å². The van der Waals surface area contributed by atoms with Gasteiger partial charge in [-0.3, -0.25) is 9.59 Å². The first-order chi connectivity index (χ1) is 14.8. The fraction of sp³-hybridized carbons (Fsp3) is 0.364. The van der Waals surface area contributed by atoms with Crippen LogP contribution in [0.1, 0.15) is 24.0 Å². The van der Waals surface area contributed by atoms with E-state index in [1.54, 1.807) is 13.0 Å². The summed E-state index contributed by atoms with van der Waals surface area (Å²) >= 11 is 0. The summed E-state index contributed by atoms with van der Waals surface area (Å²) in [7, 11) is -3.83. The van der Waals surface area contributed by atoms with Crippen molar-refractivity contribution >= 4 is 33.2 Å². The predicted octanol–water partition coefficient (Wildman–Crippen LogP) is 2.67. The molecule has 2 aromatic carbocycles. The van der Waals surface area contributed by atoms with Gasteiger partial charge in [0.05, 0.1) is 16.5 Å². The van der Waals surface area contributed by atoms with Crippen LogP contribution in [0.25, 0.3) is 0 Å². The standard InChI is InChI=1S/C22H25N3O5S/c1-14-6-3-4-8-17(14)24-22(27)16-7-5-9-25(12-16)31(28,29)20-11-19-18(10-15(20)2)23-21(26)13-30-19/h3-4,6,8,10-11,16H,5,7,9,12-13H2,1-2H3,(H,23,26)(H,24,27)/t16-/m1/s1. The third kappa shape index (κ3) is 4.28. The normalized spacial score (nSPS) is 19.2. The molecule has 0 radical (unpaired) electrons. The lowest BCUT2D eigenvalue weighted by Crippen LogP contribution is -2.44. The predicted molar refractivity (Wildman–Crippen MR) is 117 cm³/mol. The summed E-state index contributed by atoms with van der Waals surface area (Å²) in [4.78, 5) is 24.5. The fourth-order valence-electron chi connectivity index (χ4n) is 3.96. The van der Waals surface area contributed by atoms with Crippen molar-refractivity contribution in [3.63, 3.8) is 0 Å². The Morgan fingerprint density at radius 1 is 1.19 bits per heavy atom. The number of anilines is 2. The van der Waals surface area contributed by atoms with Crippen LogP contribution in [0.2, 0.25) is 0 Å². The minimum atomic E-state index is -3.83. The van der Waals surface area contributed by atoms with Crippen LogP contribution in [-0.2, 0) is 19.6 Å². The van der Waals surface area contributed by atoms with E-state index in [0.29, 0.717) is 36.4 Å². The molecule has 0 bridgehead atoms. The number of amides is 2. The number of piperidine rings is 1. The zero-order valence-corrected chi connectivity index (χ0v) is 18.3. The fourth-order valence-corrected chi connectivity index (χ4v) is 5.70. The Hall–Kier alpha value is -2.91. The maximum absolute atomic E-state index is 13.4. The summed E-state index contributed by atoms with van der Waals surface area (Å²) in [6.45, 7) is 3.91. The van der Waals surface area contributed by atoms with Crippen LogP contribution in [0.5, 0.6) is 5.75 Å². The average Bonchev–Trinajstić information content (AvgIpc) is 2.74. The topological polar surface area (TPSA) is 105 Å². The quantitative estimate of drug-likeness (QED) is 0.756. The summed E-state index contributed by atoms with van der Waals surface area (Å²) < 4.78 is 33.5. The summed E-state index contributed by atoms with van der Waals surface area (Å²) in [5, 5.41) is 5.61. The van der Waals surface area contributed by atoms with Gasteiger partial charge in [0.1, 0.15) is 5.75 Å². The van der Waals surface area contributed by atoms with Gasteiger partial charge in [0.15, 0.2) is 6.61 Å². The molecule has 9 heteroatoms. The van der Waals surface area contributed by atoms with Crippen LogP contribution >= 0.6 is 0 Å². The summed E-state index contributed by atoms with van der Waals surface area (Å²) in [5.41, 5.74) is 2.66. The van der Waals surface area contributed by atoms with Crippen molar-refractivity contribution in [1.82, 2.24) is 4.31 Å². The lowest BCUT2D eigenvalue weighted by molar-refractivity contribution is -0.121. The second-order valence-electron chi connectivity index (χ2n) is 7.96. The molecular weight excluding hydrogens is 418 g/mol. The van der Waals surface area contributed by atoms with Gasteiger partial charge in [0, 0.05) is 24.8 Å². The van der Waals surface area contributed by atoms with E-state index in [1.165, 1.54) is 10.4 Å². The molecule has 1 saturated heterocycles. The number of para-hydroxylation sites is 1. The van der Waals surface area contributed by atoms with E-state index in [-0.39, 0.29) is 29.9 Å². The highest BCUT2D eigenvalue weighted by molar-refractivity contribution is 7.89. The van der Waals surface area contributed by atoms with Crippen molar-refractivity contribution in [3.05, 3.63) is 47.5 Å². The minimum Gasteiger partial charge on any atom is -0.482 e. The highest BCUT2D eigenvalue weighted by atomic mass is 32.2. The minimum absolute atomic E-state index is 0.119. The Kier molecular flexibility index (Phi) is 5.72. The molecule has 1 fully saturated rings. The van der Waals surface area contributed by atoms with Crippen LogP contribution in [0.3, 0.4) is 0 Å². The highest BCUT2D eigenvalue weighted by Gasteiger charge is 2.35. The molecule has 4 rings (SSSR count). The summed E-state index contributed by atoms with van der Waals surface area (Å²) in [6, 6.07) is 10.6. The zero-order chi connectivity index (χ0) is 22.2. The number of carbonyl (C=O) groups excluding carboxylic acids is 2. The van der Waals surface area contributed by atoms with E-state index < -0.39 is 15.9 Å². The molecule has 2 amide bonds. The number of hydrogen-bond donors (Lipinski definition) is 2. The summed E-state index contributed by atoms with van der Waals surface area (Å²) in [6.07, 6.45) is 1.23. The van der Waals surface area contributed by atoms with Crippen LogP contribution < -0.4 is 15.4 Å². The average molecular weight is 444 g/mol. The zero-order valence-electron chi connectivity index (χ0n) is 17.5. The lowest BCUT2D eigenvalue weighted by Gasteiger charge is -2.32. The number of benzene rings is 2. The van der Waals surface area contributed by atoms with E-state index in [2.05, 4.69) is 10.6 Å². The van der Waals surface area contributed by atoms with E-state index in [1.807, 2.05) is 31.2 Å². The van der Waals surface area contributed by atoms with Gasteiger partial charge in [0.25, 0.3) is 5.91 Å². The van der Waals surface area contributed by atoms with E-state index in [4.69, 9.17) is 4.74 Å². The number of nitrogens with one attached hydrogen (secondary N) is 2. The van der Waals surface area contributed by atoms with Crippen molar-refractivity contribution in [1.29, 1.82) is 0 Å². The molecule has 8 nitrogen and oxygen atoms in total. The maximum Gasteiger partial charge on any atom is 0.262 e. The number of sulfonamides is 1. The van der Waals surface area contributed by atoms with Crippen molar-refractivity contribution in [2.45, 2.75) is 31.6 Å². The molecule has 2 aliphatic rings. The van der Waals surface area contributed by atoms with Gasteiger partial charge in [-0.1, -0.05) is 18.2 Å². The van der Waals surface area contributed by atoms with Crippen LogP contribution in [0, 0.1) is 19.8 Å². The van der Waals surface area contributed by atoms with Crippen molar-refractivity contribution in [2.24, 2.45) is 5.92 Å². The van der Waals surface area contributed by atoms with Crippen LogP contribution in [0.4, 0.5) is 11.4 Å². The third-order valence-corrected chi connectivity index (χ3v) is 7.69. The molecule has 31 heavy (non-hydrogen) atoms. The molecule has 0 saturated carbocycles. The molecular formula is C22H25N3O5S. The number of ether oxygens (including phenoxy) is 1. The van der Waals surface area contributed by atoms with Crippen molar-refractivity contribution in [2.75, 3.05) is 30.3 Å². The number of rotatable bonds is 4. The smallest absolute Gasteiger partial charge is 0.262 e. The van der Waals surface area contributed by atoms with Gasteiger partial charge >= 0.3 is 0 Å². The molecule has 1 atom stereocenters. The second-order valence-corrected chi connectivity index (χ2v) is 9.86. The number of fused-ring (bicyclic) bond motifs is 1. The van der Waals surface area contributed by atoms with Gasteiger partial charge in [-0.15, -0.1) is 0 Å². The van der Waals surface area contributed by atoms with E-state index >= 15 is 0 Å². The Bertz CT molecular complexity index is 1150. The van der Waals surface area contributed by atoms with E-state index in [0.717, 1.165) is 11.3 Å². The second kappa shape index (κ2) is 8.32. The Morgan fingerprint density at radius 3 is 2.74 bits per heavy atom. The van der Waals surface area contributed by atoms with Crippen LogP contribution in [-0.4, -0.2) is 44.2 Å². The molecule has 2 aliphatic heterocycles. The molecule has 2 aromatic rings. The first kappa shape index (κ1) is 21.3. The van der Waals surface area contributed by atoms with Gasteiger partial charge in [-0.05, 0) is 49.9 Å². The first-order valence-electron chi connectivity index (χ1n) is 10.2. The van der Waals surface area contributed by atoms with Gasteiger partial charge in [-0.2, -0.15) is 4.31 Å². The molecule has 0 aliphatic carbocycles.